The summed E-state index contributed by atoms with van der Waals surface area (Å²) in [6.45, 7) is 0. The summed E-state index contributed by atoms with van der Waals surface area (Å²) < 4.78 is 81.3. The van der Waals surface area contributed by atoms with Crippen LogP contribution < -0.4 is 10.3 Å². The van der Waals surface area contributed by atoms with E-state index < -0.39 is 57.5 Å². The third-order valence-electron chi connectivity index (χ3n) is 6.48. The minimum absolute atomic E-state index is 0.0436. The zero-order valence-electron chi connectivity index (χ0n) is 21.3. The monoisotopic (exact) mass is 619 g/mol. The molecular weight excluding hydrogens is 604 g/mol. The Bertz CT molecular complexity index is 1820. The Hall–Kier alpha value is -5.04. The highest BCUT2D eigenvalue weighted by Gasteiger charge is 2.41. The van der Waals surface area contributed by atoms with Gasteiger partial charge in [-0.1, -0.05) is 35.9 Å². The third kappa shape index (κ3) is 5.58. The molecule has 0 atom stereocenters. The molecule has 1 aliphatic heterocycles. The number of aromatic hydroxyl groups is 1. The number of carboxylic acid groups (broad SMARTS) is 1. The average molecular weight is 620 g/mol. The average Bonchev–Trinajstić information content (AvgIpc) is 3.22. The van der Waals surface area contributed by atoms with Gasteiger partial charge in [0.25, 0.3) is 5.91 Å². The number of fused-ring (bicyclic) bond motifs is 1. The van der Waals surface area contributed by atoms with Gasteiger partial charge < -0.3 is 10.2 Å². The highest BCUT2D eigenvalue weighted by atomic mass is 35.5. The van der Waals surface area contributed by atoms with Crippen molar-refractivity contribution in [1.82, 2.24) is 0 Å². The molecule has 0 saturated heterocycles. The van der Waals surface area contributed by atoms with Gasteiger partial charge >= 0.3 is 18.3 Å². The summed E-state index contributed by atoms with van der Waals surface area (Å²) in [4.78, 5) is 25.5. The lowest BCUT2D eigenvalue weighted by Gasteiger charge is -2.20. The van der Waals surface area contributed by atoms with Crippen molar-refractivity contribution >= 4 is 46.3 Å². The zero-order chi connectivity index (χ0) is 31.3. The van der Waals surface area contributed by atoms with Gasteiger partial charge in [0.05, 0.1) is 38.8 Å². The van der Waals surface area contributed by atoms with E-state index in [-0.39, 0.29) is 28.1 Å². The molecule has 4 aromatic rings. The molecule has 220 valence electrons. The van der Waals surface area contributed by atoms with Crippen molar-refractivity contribution in [1.29, 1.82) is 0 Å². The van der Waals surface area contributed by atoms with Gasteiger partial charge in [0.15, 0.2) is 5.71 Å². The van der Waals surface area contributed by atoms with E-state index in [1.807, 2.05) is 0 Å². The van der Waals surface area contributed by atoms with E-state index in [4.69, 9.17) is 11.6 Å². The van der Waals surface area contributed by atoms with Crippen molar-refractivity contribution < 1.29 is 46.1 Å². The molecule has 0 spiro atoms. The Balaban J connectivity index is 1.59. The Morgan fingerprint density at radius 2 is 1.58 bits per heavy atom. The smallest absolute Gasteiger partial charge is 0.417 e. The maximum Gasteiger partial charge on any atom is 0.417 e. The predicted molar refractivity (Wildman–Crippen MR) is 146 cm³/mol. The molecule has 1 heterocycles. The quantitative estimate of drug-likeness (QED) is 0.120. The number of phenolic OH excluding ortho intramolecular Hbond substituents is 1. The number of alkyl halides is 6. The molecule has 14 heteroatoms. The van der Waals surface area contributed by atoms with Crippen LogP contribution in [0.3, 0.4) is 0 Å². The van der Waals surface area contributed by atoms with Crippen molar-refractivity contribution in [3.05, 3.63) is 106 Å². The van der Waals surface area contributed by atoms with Gasteiger partial charge in [0, 0.05) is 11.1 Å². The first kappa shape index (κ1) is 29.5. The number of nitrogens with one attached hydrogen (secondary N) is 1. The second kappa shape index (κ2) is 10.7. The Kier molecular flexibility index (Phi) is 7.30. The van der Waals surface area contributed by atoms with E-state index in [0.717, 1.165) is 18.2 Å². The Morgan fingerprint density at radius 1 is 0.860 bits per heavy atom. The molecule has 0 unspecified atom stereocenters. The maximum atomic E-state index is 13.5. The molecule has 0 radical (unpaired) electrons. The molecule has 0 bridgehead atoms. The standard InChI is InChI=1S/C29H16ClF6N3O4/c30-21-10-8-17(13-20(21)29(34,35)36)39-23-12-16(28(31,32)33)7-9-19(23)24(26(39)41)38-37-22-6-2-5-18(25(22)40)14-3-1-4-15(11-14)27(42)43/h1-13,37,40H,(H,42,43). The van der Waals surface area contributed by atoms with E-state index in [1.54, 1.807) is 6.07 Å². The van der Waals surface area contributed by atoms with Crippen LogP contribution in [0.25, 0.3) is 11.1 Å². The molecule has 0 aliphatic carbocycles. The number of halogens is 7. The minimum atomic E-state index is -4.92. The van der Waals surface area contributed by atoms with Gasteiger partial charge in [-0.15, -0.1) is 0 Å². The van der Waals surface area contributed by atoms with Crippen LogP contribution in [0, 0.1) is 0 Å². The largest absolute Gasteiger partial charge is 0.505 e. The molecular formula is C29H16ClF6N3O4. The topological polar surface area (TPSA) is 102 Å². The summed E-state index contributed by atoms with van der Waals surface area (Å²) in [5.41, 5.74) is -0.899. The third-order valence-corrected chi connectivity index (χ3v) is 6.81. The Labute approximate surface area is 243 Å². The van der Waals surface area contributed by atoms with Crippen LogP contribution in [0.1, 0.15) is 27.0 Å². The number of amides is 1. The van der Waals surface area contributed by atoms with Crippen LogP contribution in [0.15, 0.2) is 84.0 Å². The van der Waals surface area contributed by atoms with Crippen LogP contribution in [-0.2, 0) is 17.1 Å². The van der Waals surface area contributed by atoms with E-state index in [9.17, 15) is 46.1 Å². The van der Waals surface area contributed by atoms with Gasteiger partial charge in [0.1, 0.15) is 5.75 Å². The highest BCUT2D eigenvalue weighted by Crippen LogP contribution is 2.43. The van der Waals surface area contributed by atoms with Gasteiger partial charge in [-0.05, 0) is 60.2 Å². The predicted octanol–water partition coefficient (Wildman–Crippen LogP) is 7.94. The van der Waals surface area contributed by atoms with Crippen molar-refractivity contribution in [2.45, 2.75) is 12.4 Å². The molecule has 1 amide bonds. The fourth-order valence-corrected chi connectivity index (χ4v) is 4.68. The molecule has 3 N–H and O–H groups in total. The minimum Gasteiger partial charge on any atom is -0.505 e. The maximum absolute atomic E-state index is 13.5. The summed E-state index contributed by atoms with van der Waals surface area (Å²) in [6, 6.07) is 14.8. The SMILES string of the molecule is O=C(O)c1cccc(-c2cccc(NN=C3C(=O)N(c4ccc(Cl)c(C(F)(F)F)c4)c4cc(C(F)(F)F)ccc43)c2O)c1. The summed E-state index contributed by atoms with van der Waals surface area (Å²) >= 11 is 5.69. The van der Waals surface area contributed by atoms with Gasteiger partial charge in [-0.2, -0.15) is 31.4 Å². The number of carboxylic acids is 1. The number of hydrazone groups is 1. The number of rotatable bonds is 5. The second-order valence-corrected chi connectivity index (χ2v) is 9.60. The summed E-state index contributed by atoms with van der Waals surface area (Å²) in [5, 5.41) is 23.5. The number of hydrogen-bond donors (Lipinski definition) is 3. The summed E-state index contributed by atoms with van der Waals surface area (Å²) in [5.74, 6) is -2.64. The first-order chi connectivity index (χ1) is 20.2. The molecule has 4 aromatic carbocycles. The lowest BCUT2D eigenvalue weighted by Crippen LogP contribution is -2.26. The van der Waals surface area contributed by atoms with Crippen LogP contribution in [-0.4, -0.2) is 27.8 Å². The molecule has 7 nitrogen and oxygen atoms in total. The van der Waals surface area contributed by atoms with Crippen LogP contribution in [0.4, 0.5) is 43.4 Å². The number of aromatic carboxylic acids is 1. The summed E-state index contributed by atoms with van der Waals surface area (Å²) in [7, 11) is 0. The van der Waals surface area contributed by atoms with Crippen molar-refractivity contribution in [2.24, 2.45) is 5.10 Å². The molecule has 0 saturated carbocycles. The van der Waals surface area contributed by atoms with Gasteiger partial charge in [0.2, 0.25) is 0 Å². The molecule has 0 aromatic heterocycles. The van der Waals surface area contributed by atoms with Crippen LogP contribution in [0.5, 0.6) is 5.75 Å². The number of benzene rings is 4. The van der Waals surface area contributed by atoms with E-state index in [0.29, 0.717) is 28.7 Å². The van der Waals surface area contributed by atoms with Crippen molar-refractivity contribution in [3.8, 4) is 16.9 Å². The zero-order valence-corrected chi connectivity index (χ0v) is 22.0. The van der Waals surface area contributed by atoms with Crippen molar-refractivity contribution in [2.75, 3.05) is 10.3 Å². The summed E-state index contributed by atoms with van der Waals surface area (Å²) in [6.07, 6.45) is -9.75. The molecule has 43 heavy (non-hydrogen) atoms. The van der Waals surface area contributed by atoms with E-state index in [2.05, 4.69) is 10.5 Å². The van der Waals surface area contributed by atoms with Crippen LogP contribution >= 0.6 is 11.6 Å². The van der Waals surface area contributed by atoms with Gasteiger partial charge in [-0.25, -0.2) is 4.79 Å². The second-order valence-electron chi connectivity index (χ2n) is 9.19. The molecule has 5 rings (SSSR count). The first-order valence-corrected chi connectivity index (χ1v) is 12.5. The first-order valence-electron chi connectivity index (χ1n) is 12.1. The number of para-hydroxylation sites is 1. The fourth-order valence-electron chi connectivity index (χ4n) is 4.46. The van der Waals surface area contributed by atoms with Crippen molar-refractivity contribution in [3.63, 3.8) is 0 Å². The van der Waals surface area contributed by atoms with Crippen LogP contribution in [0.2, 0.25) is 5.02 Å². The normalized spacial score (nSPS) is 14.3. The van der Waals surface area contributed by atoms with Gasteiger partial charge in [-0.3, -0.25) is 15.1 Å². The lowest BCUT2D eigenvalue weighted by molar-refractivity contribution is -0.138. The lowest BCUT2D eigenvalue weighted by atomic mass is 10.0. The number of carbonyl (C=O) groups is 2. The fraction of sp³-hybridized carbons (Fsp3) is 0.0690. The number of carbonyl (C=O) groups excluding carboxylic acids is 1. The van der Waals surface area contributed by atoms with E-state index >= 15 is 0 Å². The van der Waals surface area contributed by atoms with E-state index in [1.165, 1.54) is 36.4 Å². The molecule has 1 aliphatic rings. The number of hydrogen-bond acceptors (Lipinski definition) is 5. The number of anilines is 3. The molecule has 0 fully saturated rings. The highest BCUT2D eigenvalue weighted by molar-refractivity contribution is 6.55. The number of nitrogens with zero attached hydrogens (tertiary/aromatic N) is 2. The number of phenols is 1. The Morgan fingerprint density at radius 3 is 2.26 bits per heavy atom.